The number of benzene rings is 2. The average Bonchev–Trinajstić information content (AvgIpc) is 2.61. The SMILES string of the molecule is COc1ccc(CCNCC(=O)Nc2ccc(C)c(Br)c2)cc1OC.Cl. The summed E-state index contributed by atoms with van der Waals surface area (Å²) in [6.07, 6.45) is 0.795. The molecule has 0 aliphatic carbocycles. The van der Waals surface area contributed by atoms with Crippen LogP contribution in [0, 0.1) is 6.92 Å². The van der Waals surface area contributed by atoms with Crippen molar-refractivity contribution in [3.05, 3.63) is 52.0 Å². The Balaban J connectivity index is 0.00000338. The Morgan fingerprint density at radius 1 is 1.08 bits per heavy atom. The zero-order valence-corrected chi connectivity index (χ0v) is 17.5. The summed E-state index contributed by atoms with van der Waals surface area (Å²) in [6, 6.07) is 11.6. The van der Waals surface area contributed by atoms with Crippen LogP contribution in [0.25, 0.3) is 0 Å². The Morgan fingerprint density at radius 3 is 2.46 bits per heavy atom. The van der Waals surface area contributed by atoms with E-state index in [1.165, 1.54) is 0 Å². The average molecular weight is 444 g/mol. The third-order valence-electron chi connectivity index (χ3n) is 3.78. The molecule has 0 saturated carbocycles. The van der Waals surface area contributed by atoms with Crippen molar-refractivity contribution < 1.29 is 14.3 Å². The van der Waals surface area contributed by atoms with Gasteiger partial charge < -0.3 is 20.1 Å². The van der Waals surface area contributed by atoms with Crippen molar-refractivity contribution in [2.75, 3.05) is 32.6 Å². The summed E-state index contributed by atoms with van der Waals surface area (Å²) in [5.74, 6) is 1.36. The van der Waals surface area contributed by atoms with Crippen LogP contribution in [0.2, 0.25) is 0 Å². The maximum atomic E-state index is 12.0. The highest BCUT2D eigenvalue weighted by atomic mass is 79.9. The van der Waals surface area contributed by atoms with Gasteiger partial charge in [0.05, 0.1) is 20.8 Å². The van der Waals surface area contributed by atoms with E-state index in [0.717, 1.165) is 27.7 Å². The van der Waals surface area contributed by atoms with Crippen molar-refractivity contribution >= 4 is 39.9 Å². The molecule has 0 atom stereocenters. The molecule has 0 heterocycles. The van der Waals surface area contributed by atoms with Crippen LogP contribution in [0.1, 0.15) is 11.1 Å². The molecule has 2 rings (SSSR count). The van der Waals surface area contributed by atoms with Gasteiger partial charge in [0.1, 0.15) is 0 Å². The molecule has 2 aromatic carbocycles. The third-order valence-corrected chi connectivity index (χ3v) is 4.63. The molecule has 5 nitrogen and oxygen atoms in total. The van der Waals surface area contributed by atoms with Gasteiger partial charge in [0.2, 0.25) is 5.91 Å². The molecular weight excluding hydrogens is 420 g/mol. The van der Waals surface area contributed by atoms with Crippen LogP contribution in [0.4, 0.5) is 5.69 Å². The zero-order chi connectivity index (χ0) is 18.2. The molecule has 26 heavy (non-hydrogen) atoms. The van der Waals surface area contributed by atoms with Crippen LogP contribution in [0.3, 0.4) is 0 Å². The molecule has 0 aliphatic rings. The van der Waals surface area contributed by atoms with Crippen LogP contribution < -0.4 is 20.1 Å². The minimum atomic E-state index is -0.0666. The van der Waals surface area contributed by atoms with Crippen LogP contribution in [-0.4, -0.2) is 33.2 Å². The van der Waals surface area contributed by atoms with Gasteiger partial charge in [0, 0.05) is 10.2 Å². The smallest absolute Gasteiger partial charge is 0.238 e. The van der Waals surface area contributed by atoms with Crippen molar-refractivity contribution in [2.24, 2.45) is 0 Å². The second kappa shape index (κ2) is 11.1. The fourth-order valence-electron chi connectivity index (χ4n) is 2.35. The second-order valence-corrected chi connectivity index (χ2v) is 6.48. The predicted molar refractivity (Wildman–Crippen MR) is 111 cm³/mol. The molecule has 0 unspecified atom stereocenters. The second-order valence-electron chi connectivity index (χ2n) is 5.63. The lowest BCUT2D eigenvalue weighted by Gasteiger charge is -2.10. The van der Waals surface area contributed by atoms with Crippen molar-refractivity contribution in [3.8, 4) is 11.5 Å². The molecule has 0 saturated heterocycles. The molecule has 2 aromatic rings. The first kappa shape index (κ1) is 22.3. The maximum Gasteiger partial charge on any atom is 0.238 e. The first-order valence-electron chi connectivity index (χ1n) is 8.01. The molecular formula is C19H24BrClN2O3. The summed E-state index contributed by atoms with van der Waals surface area (Å²) in [5, 5.41) is 6.02. The van der Waals surface area contributed by atoms with Crippen molar-refractivity contribution in [1.29, 1.82) is 0 Å². The van der Waals surface area contributed by atoms with Gasteiger partial charge >= 0.3 is 0 Å². The highest BCUT2D eigenvalue weighted by Gasteiger charge is 2.06. The lowest BCUT2D eigenvalue weighted by molar-refractivity contribution is -0.115. The number of aryl methyl sites for hydroxylation is 1. The van der Waals surface area contributed by atoms with E-state index >= 15 is 0 Å². The molecule has 0 radical (unpaired) electrons. The van der Waals surface area contributed by atoms with E-state index in [9.17, 15) is 4.79 Å². The van der Waals surface area contributed by atoms with Gasteiger partial charge in [-0.25, -0.2) is 0 Å². The highest BCUT2D eigenvalue weighted by Crippen LogP contribution is 2.27. The van der Waals surface area contributed by atoms with E-state index in [0.29, 0.717) is 18.0 Å². The standard InChI is InChI=1S/C19H23BrN2O3.ClH/c1-13-4-6-15(11-16(13)20)22-19(23)12-21-9-8-14-5-7-17(24-2)18(10-14)25-3;/h4-7,10-11,21H,8-9,12H2,1-3H3,(H,22,23);1H. The number of nitrogens with one attached hydrogen (secondary N) is 2. The Bertz CT molecular complexity index is 741. The van der Waals surface area contributed by atoms with E-state index in [-0.39, 0.29) is 24.9 Å². The number of hydrogen-bond donors (Lipinski definition) is 2. The highest BCUT2D eigenvalue weighted by molar-refractivity contribution is 9.10. The fraction of sp³-hybridized carbons (Fsp3) is 0.316. The first-order chi connectivity index (χ1) is 12.0. The molecule has 7 heteroatoms. The largest absolute Gasteiger partial charge is 0.493 e. The minimum Gasteiger partial charge on any atom is -0.493 e. The third kappa shape index (κ3) is 6.52. The van der Waals surface area contributed by atoms with Crippen LogP contribution in [0.15, 0.2) is 40.9 Å². The van der Waals surface area contributed by atoms with E-state index in [4.69, 9.17) is 9.47 Å². The van der Waals surface area contributed by atoms with Gasteiger partial charge in [-0.3, -0.25) is 4.79 Å². The number of amides is 1. The molecule has 0 aromatic heterocycles. The van der Waals surface area contributed by atoms with Gasteiger partial charge in [-0.05, 0) is 55.3 Å². The van der Waals surface area contributed by atoms with Gasteiger partial charge in [0.15, 0.2) is 11.5 Å². The monoisotopic (exact) mass is 442 g/mol. The number of rotatable bonds is 8. The summed E-state index contributed by atoms with van der Waals surface area (Å²) < 4.78 is 11.5. The summed E-state index contributed by atoms with van der Waals surface area (Å²) in [5.41, 5.74) is 3.03. The van der Waals surface area contributed by atoms with E-state index in [2.05, 4.69) is 26.6 Å². The molecule has 0 aliphatic heterocycles. The lowest BCUT2D eigenvalue weighted by Crippen LogP contribution is -2.29. The first-order valence-corrected chi connectivity index (χ1v) is 8.80. The molecule has 142 valence electrons. The van der Waals surface area contributed by atoms with Crippen LogP contribution in [-0.2, 0) is 11.2 Å². The Kier molecular flexibility index (Phi) is 9.48. The van der Waals surface area contributed by atoms with Gasteiger partial charge in [-0.2, -0.15) is 0 Å². The van der Waals surface area contributed by atoms with Gasteiger partial charge in [0.25, 0.3) is 0 Å². The number of methoxy groups -OCH3 is 2. The van der Waals surface area contributed by atoms with E-state index in [1.54, 1.807) is 14.2 Å². The van der Waals surface area contributed by atoms with Gasteiger partial charge in [-0.1, -0.05) is 28.1 Å². The number of halogens is 2. The zero-order valence-electron chi connectivity index (χ0n) is 15.1. The molecule has 0 spiro atoms. The number of anilines is 1. The summed E-state index contributed by atoms with van der Waals surface area (Å²) in [6.45, 7) is 2.96. The predicted octanol–water partition coefficient (Wildman–Crippen LogP) is 3.97. The van der Waals surface area contributed by atoms with Crippen molar-refractivity contribution in [3.63, 3.8) is 0 Å². The van der Waals surface area contributed by atoms with Crippen molar-refractivity contribution in [1.82, 2.24) is 5.32 Å². The molecule has 0 bridgehead atoms. The summed E-state index contributed by atoms with van der Waals surface area (Å²) in [7, 11) is 3.23. The molecule has 2 N–H and O–H groups in total. The Morgan fingerprint density at radius 2 is 1.81 bits per heavy atom. The minimum absolute atomic E-state index is 0. The topological polar surface area (TPSA) is 59.6 Å². The number of ether oxygens (including phenoxy) is 2. The quantitative estimate of drug-likeness (QED) is 0.606. The Hall–Kier alpha value is -1.76. The fourth-order valence-corrected chi connectivity index (χ4v) is 2.73. The molecule has 1 amide bonds. The summed E-state index contributed by atoms with van der Waals surface area (Å²) in [4.78, 5) is 12.0. The normalized spacial score (nSPS) is 10.0. The van der Waals surface area contributed by atoms with Crippen LogP contribution >= 0.6 is 28.3 Å². The number of carbonyl (C=O) groups excluding carboxylic acids is 1. The van der Waals surface area contributed by atoms with Crippen molar-refractivity contribution in [2.45, 2.75) is 13.3 Å². The van der Waals surface area contributed by atoms with Crippen LogP contribution in [0.5, 0.6) is 11.5 Å². The lowest BCUT2D eigenvalue weighted by atomic mass is 10.1. The summed E-state index contributed by atoms with van der Waals surface area (Å²) >= 11 is 3.46. The van der Waals surface area contributed by atoms with Gasteiger partial charge in [-0.15, -0.1) is 12.4 Å². The maximum absolute atomic E-state index is 12.0. The molecule has 0 fully saturated rings. The number of hydrogen-bond acceptors (Lipinski definition) is 4. The Labute approximate surface area is 169 Å². The van der Waals surface area contributed by atoms with E-state index < -0.39 is 0 Å². The van der Waals surface area contributed by atoms with E-state index in [1.807, 2.05) is 43.3 Å². The number of carbonyl (C=O) groups is 1.